The molecule has 0 heterocycles. The number of rotatable bonds is 14. The van der Waals surface area contributed by atoms with Crippen molar-refractivity contribution < 1.29 is 13.6 Å². The van der Waals surface area contributed by atoms with Crippen molar-refractivity contribution in [3.63, 3.8) is 0 Å². The molecule has 0 fully saturated rings. The fourth-order valence-electron chi connectivity index (χ4n) is 3.23. The van der Waals surface area contributed by atoms with Crippen molar-refractivity contribution in [2.24, 2.45) is 10.2 Å². The average Bonchev–Trinajstić information content (AvgIpc) is 2.88. The first kappa shape index (κ1) is 25.8. The highest BCUT2D eigenvalue weighted by Gasteiger charge is 2.37. The first-order valence-electron chi connectivity index (χ1n) is 11.9. The van der Waals surface area contributed by atoms with Gasteiger partial charge in [-0.05, 0) is 54.8 Å². The minimum absolute atomic E-state index is 0.393. The molecule has 1 N–H and O–H groups in total. The van der Waals surface area contributed by atoms with Crippen LogP contribution in [0, 0.1) is 0 Å². The van der Waals surface area contributed by atoms with Gasteiger partial charge >= 0.3 is 7.60 Å². The van der Waals surface area contributed by atoms with Crippen molar-refractivity contribution >= 4 is 24.7 Å². The van der Waals surface area contributed by atoms with Gasteiger partial charge in [0.25, 0.3) is 0 Å². The number of unbranched alkanes of at least 4 members (excludes halogenated alkanes) is 2. The number of anilines is 1. The van der Waals surface area contributed by atoms with Gasteiger partial charge in [0.2, 0.25) is 0 Å². The highest BCUT2D eigenvalue weighted by atomic mass is 31.2. The van der Waals surface area contributed by atoms with E-state index in [1.54, 1.807) is 0 Å². The Labute approximate surface area is 203 Å². The van der Waals surface area contributed by atoms with Crippen molar-refractivity contribution in [3.8, 4) is 0 Å². The summed E-state index contributed by atoms with van der Waals surface area (Å²) in [6.07, 6.45) is 3.56. The number of azo groups is 1. The molecule has 1 atom stereocenters. The van der Waals surface area contributed by atoms with E-state index in [0.717, 1.165) is 48.3 Å². The average molecular weight is 480 g/mol. The van der Waals surface area contributed by atoms with Crippen molar-refractivity contribution in [1.29, 1.82) is 0 Å². The minimum Gasteiger partial charge on any atom is -0.368 e. The maximum Gasteiger partial charge on any atom is 0.357 e. The molecule has 34 heavy (non-hydrogen) atoms. The summed E-state index contributed by atoms with van der Waals surface area (Å²) in [4.78, 5) is 0. The predicted molar refractivity (Wildman–Crippen MR) is 139 cm³/mol. The molecule has 0 spiro atoms. The summed E-state index contributed by atoms with van der Waals surface area (Å²) in [5, 5.41) is 12.0. The second-order valence-corrected chi connectivity index (χ2v) is 10.1. The molecule has 3 aromatic carbocycles. The molecular formula is C27H34N3O3P. The smallest absolute Gasteiger partial charge is 0.357 e. The molecule has 180 valence electrons. The quantitative estimate of drug-likeness (QED) is 0.142. The van der Waals surface area contributed by atoms with E-state index >= 15 is 0 Å². The van der Waals surface area contributed by atoms with Gasteiger partial charge in [-0.15, -0.1) is 0 Å². The van der Waals surface area contributed by atoms with Crippen LogP contribution in [0.1, 0.15) is 50.9 Å². The van der Waals surface area contributed by atoms with Crippen LogP contribution in [0.15, 0.2) is 95.2 Å². The molecule has 3 rings (SSSR count). The van der Waals surface area contributed by atoms with E-state index in [2.05, 4.69) is 29.4 Å². The molecule has 0 saturated carbocycles. The van der Waals surface area contributed by atoms with E-state index in [9.17, 15) is 4.57 Å². The van der Waals surface area contributed by atoms with Crippen LogP contribution in [-0.4, -0.2) is 13.2 Å². The highest BCUT2D eigenvalue weighted by Crippen LogP contribution is 2.61. The van der Waals surface area contributed by atoms with Crippen molar-refractivity contribution in [3.05, 3.63) is 90.5 Å². The van der Waals surface area contributed by atoms with E-state index in [1.165, 1.54) is 0 Å². The molecule has 0 aromatic heterocycles. The maximum atomic E-state index is 14.1. The number of nitrogens with zero attached hydrogens (tertiary/aromatic N) is 2. The highest BCUT2D eigenvalue weighted by molar-refractivity contribution is 7.54. The zero-order valence-corrected chi connectivity index (χ0v) is 20.9. The van der Waals surface area contributed by atoms with Crippen LogP contribution >= 0.6 is 7.60 Å². The molecule has 7 heteroatoms. The van der Waals surface area contributed by atoms with Crippen molar-refractivity contribution in [1.82, 2.24) is 0 Å². The summed E-state index contributed by atoms with van der Waals surface area (Å²) in [5.41, 5.74) is 3.17. The number of hydrogen-bond acceptors (Lipinski definition) is 6. The topological polar surface area (TPSA) is 72.3 Å². The van der Waals surface area contributed by atoms with Gasteiger partial charge in [-0.2, -0.15) is 10.2 Å². The van der Waals surface area contributed by atoms with Gasteiger partial charge in [0, 0.05) is 5.69 Å². The maximum absolute atomic E-state index is 14.1. The Hall–Kier alpha value is -2.79. The molecule has 0 saturated heterocycles. The van der Waals surface area contributed by atoms with Crippen LogP contribution in [0.3, 0.4) is 0 Å². The number of benzene rings is 3. The van der Waals surface area contributed by atoms with Crippen LogP contribution in [0.25, 0.3) is 0 Å². The van der Waals surface area contributed by atoms with Gasteiger partial charge in [-0.3, -0.25) is 4.57 Å². The van der Waals surface area contributed by atoms with Gasteiger partial charge in [0.05, 0.1) is 24.6 Å². The van der Waals surface area contributed by atoms with Gasteiger partial charge in [-0.25, -0.2) is 0 Å². The summed E-state index contributed by atoms with van der Waals surface area (Å²) in [6, 6.07) is 26.8. The summed E-state index contributed by atoms with van der Waals surface area (Å²) < 4.78 is 26.0. The lowest BCUT2D eigenvalue weighted by Gasteiger charge is -2.29. The standard InChI is InChI=1S/C27H34N3O3P/c1-3-5-21-32-34(31,33-22-6-4-2)27(23-13-9-7-10-14-23)28-24-17-19-26(20-18-24)30-29-25-15-11-8-12-16-25/h7-20,27-28H,3-6,21-22H2,1-2H3. The molecule has 0 aliphatic rings. The largest absolute Gasteiger partial charge is 0.368 e. The molecule has 0 radical (unpaired) electrons. The van der Waals surface area contributed by atoms with Gasteiger partial charge in [0.15, 0.2) is 5.78 Å². The third-order valence-electron chi connectivity index (χ3n) is 5.18. The van der Waals surface area contributed by atoms with Crippen LogP contribution in [-0.2, 0) is 13.6 Å². The first-order chi connectivity index (χ1) is 16.6. The van der Waals surface area contributed by atoms with Gasteiger partial charge in [0.1, 0.15) is 0 Å². The minimum atomic E-state index is -3.49. The third-order valence-corrected chi connectivity index (χ3v) is 7.32. The first-order valence-corrected chi connectivity index (χ1v) is 13.5. The molecular weight excluding hydrogens is 445 g/mol. The van der Waals surface area contributed by atoms with Gasteiger partial charge in [-0.1, -0.05) is 75.2 Å². The molecule has 3 aromatic rings. The molecule has 0 aliphatic heterocycles. The summed E-state index contributed by atoms with van der Waals surface area (Å²) in [5.74, 6) is -0.626. The Balaban J connectivity index is 1.82. The lowest BCUT2D eigenvalue weighted by Crippen LogP contribution is -2.16. The Kier molecular flexibility index (Phi) is 10.5. The zero-order chi connectivity index (χ0) is 24.1. The third kappa shape index (κ3) is 7.91. The van der Waals surface area contributed by atoms with Crippen LogP contribution in [0.5, 0.6) is 0 Å². The Morgan fingerprint density at radius 2 is 1.24 bits per heavy atom. The van der Waals surface area contributed by atoms with E-state index in [0.29, 0.717) is 13.2 Å². The summed E-state index contributed by atoms with van der Waals surface area (Å²) >= 11 is 0. The van der Waals surface area contributed by atoms with Crippen LogP contribution in [0.4, 0.5) is 17.1 Å². The Morgan fingerprint density at radius 1 is 0.735 bits per heavy atom. The fourth-order valence-corrected chi connectivity index (χ4v) is 5.22. The molecule has 0 amide bonds. The Bertz CT molecular complexity index is 1030. The lowest BCUT2D eigenvalue weighted by atomic mass is 10.2. The lowest BCUT2D eigenvalue weighted by molar-refractivity contribution is 0.194. The summed E-state index contributed by atoms with van der Waals surface area (Å²) in [7, 11) is -3.49. The van der Waals surface area contributed by atoms with E-state index in [1.807, 2.05) is 84.9 Å². The van der Waals surface area contributed by atoms with E-state index in [4.69, 9.17) is 9.05 Å². The normalized spacial score (nSPS) is 12.6. The second kappa shape index (κ2) is 13.8. The Morgan fingerprint density at radius 3 is 1.76 bits per heavy atom. The van der Waals surface area contributed by atoms with Crippen LogP contribution < -0.4 is 5.32 Å². The van der Waals surface area contributed by atoms with E-state index in [-0.39, 0.29) is 0 Å². The molecule has 0 bridgehead atoms. The van der Waals surface area contributed by atoms with Crippen LogP contribution in [0.2, 0.25) is 0 Å². The number of nitrogens with one attached hydrogen (secondary N) is 1. The predicted octanol–water partition coefficient (Wildman–Crippen LogP) is 9.04. The monoisotopic (exact) mass is 479 g/mol. The SMILES string of the molecule is CCCCOP(=O)(OCCCC)C(Nc1ccc(N=Nc2ccccc2)cc1)c1ccccc1. The molecule has 6 nitrogen and oxygen atoms in total. The molecule has 1 unspecified atom stereocenters. The molecule has 0 aliphatic carbocycles. The van der Waals surface area contributed by atoms with E-state index < -0.39 is 13.4 Å². The zero-order valence-electron chi connectivity index (χ0n) is 20.0. The second-order valence-electron chi connectivity index (χ2n) is 7.95. The fraction of sp³-hybridized carbons (Fsp3) is 0.333. The van der Waals surface area contributed by atoms with Gasteiger partial charge < -0.3 is 14.4 Å². The van der Waals surface area contributed by atoms with Crippen molar-refractivity contribution in [2.75, 3.05) is 18.5 Å². The van der Waals surface area contributed by atoms with Crippen molar-refractivity contribution in [2.45, 2.75) is 45.3 Å². The number of hydrogen-bond donors (Lipinski definition) is 1. The summed E-state index contributed by atoms with van der Waals surface area (Å²) in [6.45, 7) is 4.94.